The van der Waals surface area contributed by atoms with Crippen LogP contribution in [-0.4, -0.2) is 53.2 Å². The Bertz CT molecular complexity index is 810. The minimum absolute atomic E-state index is 0.00916. The van der Waals surface area contributed by atoms with Crippen LogP contribution in [0.2, 0.25) is 0 Å². The van der Waals surface area contributed by atoms with Gasteiger partial charge in [0.05, 0.1) is 11.5 Å². The third-order valence-electron chi connectivity index (χ3n) is 5.81. The first kappa shape index (κ1) is 18.1. The molecule has 2 saturated heterocycles. The Morgan fingerprint density at radius 3 is 2.63 bits per heavy atom. The molecule has 3 heterocycles. The molecule has 6 heteroatoms. The predicted octanol–water partition coefficient (Wildman–Crippen LogP) is 1.41. The van der Waals surface area contributed by atoms with Crippen molar-refractivity contribution in [3.05, 3.63) is 65.7 Å². The smallest absolute Gasteiger partial charge is 0.231 e. The number of carbonyl (C=O) groups is 1. The summed E-state index contributed by atoms with van der Waals surface area (Å²) in [6, 6.07) is 10.5. The summed E-state index contributed by atoms with van der Waals surface area (Å²) in [5.41, 5.74) is 1.06. The molecule has 4 rings (SSSR count). The molecule has 0 spiro atoms. The van der Waals surface area contributed by atoms with Crippen molar-refractivity contribution in [3.8, 4) is 0 Å². The maximum absolute atomic E-state index is 14.1. The van der Waals surface area contributed by atoms with E-state index in [1.165, 1.54) is 6.07 Å². The molecule has 2 aliphatic heterocycles. The van der Waals surface area contributed by atoms with Gasteiger partial charge in [0, 0.05) is 44.5 Å². The minimum Gasteiger partial charge on any atom is -0.391 e. The van der Waals surface area contributed by atoms with E-state index in [1.807, 2.05) is 12.1 Å². The molecule has 0 bridgehead atoms. The molecular formula is C21H24FN3O2. The lowest BCUT2D eigenvalue weighted by Crippen LogP contribution is -2.63. The van der Waals surface area contributed by atoms with Crippen LogP contribution in [-0.2, 0) is 17.6 Å². The molecule has 142 valence electrons. The molecule has 27 heavy (non-hydrogen) atoms. The average Bonchev–Trinajstić information content (AvgIpc) is 3.00. The van der Waals surface area contributed by atoms with E-state index in [1.54, 1.807) is 35.5 Å². The molecule has 0 unspecified atom stereocenters. The molecule has 2 aliphatic rings. The molecule has 0 radical (unpaired) electrons. The van der Waals surface area contributed by atoms with Gasteiger partial charge in [0.1, 0.15) is 5.82 Å². The fraction of sp³-hybridized carbons (Fsp3) is 0.429. The van der Waals surface area contributed by atoms with Gasteiger partial charge in [0.15, 0.2) is 0 Å². The van der Waals surface area contributed by atoms with Crippen LogP contribution in [0.5, 0.6) is 0 Å². The third-order valence-corrected chi connectivity index (χ3v) is 5.81. The third kappa shape index (κ3) is 3.59. The number of pyridine rings is 1. The first-order valence-electron chi connectivity index (χ1n) is 9.38. The Labute approximate surface area is 158 Å². The predicted molar refractivity (Wildman–Crippen MR) is 99.4 cm³/mol. The van der Waals surface area contributed by atoms with E-state index in [4.69, 9.17) is 0 Å². The van der Waals surface area contributed by atoms with E-state index >= 15 is 0 Å². The van der Waals surface area contributed by atoms with Crippen molar-refractivity contribution >= 4 is 5.91 Å². The zero-order chi connectivity index (χ0) is 18.9. The number of nitrogens with one attached hydrogen (secondary N) is 1. The Balaban J connectivity index is 1.46. The van der Waals surface area contributed by atoms with Gasteiger partial charge in [-0.25, -0.2) is 4.39 Å². The fourth-order valence-corrected chi connectivity index (χ4v) is 4.16. The number of halogens is 1. The lowest BCUT2D eigenvalue weighted by Gasteiger charge is -2.43. The summed E-state index contributed by atoms with van der Waals surface area (Å²) in [4.78, 5) is 19.0. The second-order valence-corrected chi connectivity index (χ2v) is 7.75. The van der Waals surface area contributed by atoms with Crippen LogP contribution in [0.15, 0.2) is 48.8 Å². The van der Waals surface area contributed by atoms with Gasteiger partial charge in [-0.2, -0.15) is 0 Å². The molecule has 1 amide bonds. The normalized spacial score (nSPS) is 23.9. The average molecular weight is 369 g/mol. The van der Waals surface area contributed by atoms with Gasteiger partial charge < -0.3 is 15.3 Å². The van der Waals surface area contributed by atoms with E-state index < -0.39 is 11.5 Å². The fourth-order valence-electron chi connectivity index (χ4n) is 4.16. The molecule has 2 atom stereocenters. The lowest BCUT2D eigenvalue weighted by atomic mass is 9.75. The standard InChI is InChI=1S/C21H24FN3O2/c22-18-4-2-1-3-16(18)10-21(13-24-14-21)20(27)25-11-17(19(26)12-25)9-15-5-7-23-8-6-15/h1-8,17,19,24,26H,9-14H2/t17-,19-/m1/s1. The highest BCUT2D eigenvalue weighted by Crippen LogP contribution is 2.34. The van der Waals surface area contributed by atoms with Gasteiger partial charge in [-0.1, -0.05) is 18.2 Å². The minimum atomic E-state index is -0.618. The summed E-state index contributed by atoms with van der Waals surface area (Å²) < 4.78 is 14.1. The molecule has 2 N–H and O–H groups in total. The van der Waals surface area contributed by atoms with Crippen molar-refractivity contribution in [1.29, 1.82) is 0 Å². The van der Waals surface area contributed by atoms with Gasteiger partial charge in [-0.15, -0.1) is 0 Å². The molecule has 1 aromatic carbocycles. The van der Waals surface area contributed by atoms with Crippen molar-refractivity contribution in [2.24, 2.45) is 11.3 Å². The van der Waals surface area contributed by atoms with Crippen molar-refractivity contribution in [2.45, 2.75) is 18.9 Å². The zero-order valence-electron chi connectivity index (χ0n) is 15.1. The summed E-state index contributed by atoms with van der Waals surface area (Å²) in [5.74, 6) is -0.246. The number of likely N-dealkylation sites (tertiary alicyclic amines) is 1. The van der Waals surface area contributed by atoms with Crippen LogP contribution >= 0.6 is 0 Å². The van der Waals surface area contributed by atoms with Gasteiger partial charge in [-0.3, -0.25) is 9.78 Å². The molecular weight excluding hydrogens is 345 g/mol. The zero-order valence-corrected chi connectivity index (χ0v) is 15.1. The van der Waals surface area contributed by atoms with Crippen molar-refractivity contribution in [3.63, 3.8) is 0 Å². The Morgan fingerprint density at radius 1 is 1.22 bits per heavy atom. The van der Waals surface area contributed by atoms with Crippen LogP contribution in [0.1, 0.15) is 11.1 Å². The van der Waals surface area contributed by atoms with Crippen molar-refractivity contribution < 1.29 is 14.3 Å². The second kappa shape index (κ2) is 7.37. The van der Waals surface area contributed by atoms with Gasteiger partial charge in [-0.05, 0) is 42.2 Å². The number of aliphatic hydroxyl groups is 1. The second-order valence-electron chi connectivity index (χ2n) is 7.75. The number of hydrogen-bond donors (Lipinski definition) is 2. The Hall–Kier alpha value is -2.31. The number of rotatable bonds is 5. The molecule has 2 fully saturated rings. The molecule has 1 aromatic heterocycles. The molecule has 2 aromatic rings. The van der Waals surface area contributed by atoms with Crippen LogP contribution < -0.4 is 5.32 Å². The number of hydrogen-bond acceptors (Lipinski definition) is 4. The SMILES string of the molecule is O=C(N1C[C@@H](Cc2ccncc2)[C@H](O)C1)C1(Cc2ccccc2F)CNC1. The van der Waals surface area contributed by atoms with Crippen molar-refractivity contribution in [1.82, 2.24) is 15.2 Å². The molecule has 0 saturated carbocycles. The summed E-state index contributed by atoms with van der Waals surface area (Å²) >= 11 is 0. The van der Waals surface area contributed by atoms with E-state index in [0.717, 1.165) is 5.56 Å². The molecule has 5 nitrogen and oxygen atoms in total. The number of nitrogens with zero attached hydrogens (tertiary/aromatic N) is 2. The highest BCUT2D eigenvalue weighted by atomic mass is 19.1. The number of carbonyl (C=O) groups excluding carboxylic acids is 1. The number of benzene rings is 1. The summed E-state index contributed by atoms with van der Waals surface area (Å²) in [6.07, 6.45) is 4.03. The van der Waals surface area contributed by atoms with E-state index in [0.29, 0.717) is 44.6 Å². The van der Waals surface area contributed by atoms with Gasteiger partial charge in [0.2, 0.25) is 5.91 Å². The van der Waals surface area contributed by atoms with Gasteiger partial charge >= 0.3 is 0 Å². The topological polar surface area (TPSA) is 65.5 Å². The monoisotopic (exact) mass is 369 g/mol. The Kier molecular flexibility index (Phi) is 4.93. The maximum Gasteiger partial charge on any atom is 0.231 e. The van der Waals surface area contributed by atoms with Gasteiger partial charge in [0.25, 0.3) is 0 Å². The quantitative estimate of drug-likeness (QED) is 0.837. The van der Waals surface area contributed by atoms with Crippen LogP contribution in [0.25, 0.3) is 0 Å². The number of β-amino-alcohol motifs (C(OH)–C–C–N with tert-alkyl or cyclic N) is 1. The lowest BCUT2D eigenvalue weighted by molar-refractivity contribution is -0.144. The van der Waals surface area contributed by atoms with Crippen molar-refractivity contribution in [2.75, 3.05) is 26.2 Å². The van der Waals surface area contributed by atoms with Crippen LogP contribution in [0, 0.1) is 17.2 Å². The van der Waals surface area contributed by atoms with E-state index in [2.05, 4.69) is 10.3 Å². The Morgan fingerprint density at radius 2 is 1.96 bits per heavy atom. The maximum atomic E-state index is 14.1. The first-order valence-corrected chi connectivity index (χ1v) is 9.38. The first-order chi connectivity index (χ1) is 13.1. The van der Waals surface area contributed by atoms with E-state index in [-0.39, 0.29) is 17.6 Å². The molecule has 0 aliphatic carbocycles. The van der Waals surface area contributed by atoms with Crippen LogP contribution in [0.4, 0.5) is 4.39 Å². The highest BCUT2D eigenvalue weighted by molar-refractivity contribution is 5.85. The number of aromatic nitrogens is 1. The largest absolute Gasteiger partial charge is 0.391 e. The summed E-state index contributed by atoms with van der Waals surface area (Å²) in [7, 11) is 0. The highest BCUT2D eigenvalue weighted by Gasteiger charge is 2.49. The van der Waals surface area contributed by atoms with E-state index in [9.17, 15) is 14.3 Å². The number of aliphatic hydroxyl groups excluding tert-OH is 1. The number of amides is 1. The summed E-state index contributed by atoms with van der Waals surface area (Å²) in [5, 5.41) is 13.6. The van der Waals surface area contributed by atoms with Crippen LogP contribution in [0.3, 0.4) is 0 Å². The summed E-state index contributed by atoms with van der Waals surface area (Å²) in [6.45, 7) is 1.96.